The molecule has 1 aliphatic heterocycles. The predicted octanol–water partition coefficient (Wildman–Crippen LogP) is 4.05. The topological polar surface area (TPSA) is 87.5 Å². The van der Waals surface area contributed by atoms with Crippen molar-refractivity contribution in [3.63, 3.8) is 0 Å². The van der Waals surface area contributed by atoms with Crippen LogP contribution in [0.15, 0.2) is 37.2 Å². The first-order valence-electron chi connectivity index (χ1n) is 10.9. The Labute approximate surface area is 207 Å². The van der Waals surface area contributed by atoms with Crippen molar-refractivity contribution in [1.29, 1.82) is 0 Å². The number of nitrogens with one attached hydrogen (secondary N) is 1. The molecule has 1 fully saturated rings. The van der Waals surface area contributed by atoms with E-state index in [1.807, 2.05) is 16.8 Å². The van der Waals surface area contributed by atoms with Crippen LogP contribution in [-0.2, 0) is 22.5 Å². The Kier molecular flexibility index (Phi) is 7.60. The monoisotopic (exact) mass is 504 g/mol. The number of methoxy groups -OCH3 is 2. The van der Waals surface area contributed by atoms with Gasteiger partial charge in [-0.25, -0.2) is 9.97 Å². The number of hydrogen-bond acceptors (Lipinski definition) is 6. The molecule has 2 atom stereocenters. The van der Waals surface area contributed by atoms with Crippen molar-refractivity contribution in [2.24, 2.45) is 5.92 Å². The summed E-state index contributed by atoms with van der Waals surface area (Å²) < 4.78 is 18.4. The van der Waals surface area contributed by atoms with Gasteiger partial charge >= 0.3 is 0 Å². The first-order valence-corrected chi connectivity index (χ1v) is 11.6. The molecule has 0 saturated carbocycles. The largest absolute Gasteiger partial charge is 0.495 e. The number of aromatic nitrogens is 3. The minimum absolute atomic E-state index is 0.00419. The second-order valence-corrected chi connectivity index (χ2v) is 8.79. The molecular formula is C24H26Cl2N4O4. The molecule has 34 heavy (non-hydrogen) atoms. The molecule has 0 aliphatic carbocycles. The molecule has 1 aromatic carbocycles. The summed E-state index contributed by atoms with van der Waals surface area (Å²) >= 11 is 13.1. The number of carbonyl (C=O) groups is 1. The van der Waals surface area contributed by atoms with Crippen molar-refractivity contribution in [2.75, 3.05) is 27.4 Å². The van der Waals surface area contributed by atoms with Crippen LogP contribution in [0.5, 0.6) is 11.5 Å². The molecule has 8 nitrogen and oxygen atoms in total. The van der Waals surface area contributed by atoms with Gasteiger partial charge in [0.15, 0.2) is 0 Å². The van der Waals surface area contributed by atoms with Crippen molar-refractivity contribution in [3.8, 4) is 11.5 Å². The number of ether oxygens (including phenoxy) is 3. The summed E-state index contributed by atoms with van der Waals surface area (Å²) in [4.78, 5) is 21.1. The zero-order valence-electron chi connectivity index (χ0n) is 19.0. The Balaban J connectivity index is 1.57. The molecule has 1 aliphatic rings. The first-order chi connectivity index (χ1) is 16.4. The molecule has 3 heterocycles. The van der Waals surface area contributed by atoms with Gasteiger partial charge in [-0.05, 0) is 18.6 Å². The molecule has 1 saturated heterocycles. The average Bonchev–Trinajstić information content (AvgIpc) is 3.25. The van der Waals surface area contributed by atoms with Gasteiger partial charge in [-0.3, -0.25) is 4.79 Å². The highest BCUT2D eigenvalue weighted by Crippen LogP contribution is 2.41. The number of nitrogens with zero attached hydrogens (tertiary/aromatic N) is 3. The Hall–Kier alpha value is -2.81. The van der Waals surface area contributed by atoms with E-state index in [0.29, 0.717) is 59.1 Å². The van der Waals surface area contributed by atoms with Crippen LogP contribution in [-0.4, -0.2) is 53.9 Å². The number of rotatable bonds is 8. The van der Waals surface area contributed by atoms with Gasteiger partial charge in [0, 0.05) is 42.8 Å². The number of hydrogen-bond donors (Lipinski definition) is 1. The summed E-state index contributed by atoms with van der Waals surface area (Å²) in [6.45, 7) is 5.08. The summed E-state index contributed by atoms with van der Waals surface area (Å²) in [6.07, 6.45) is 6.33. The SMILES string of the molecule is C=CC(=O)NC1CCOCC1Cc1ncc2c(ccn2Cc2c(Cl)c(OC)cc(OC)c2Cl)n1. The minimum atomic E-state index is -0.183. The number of benzene rings is 1. The molecule has 1 amide bonds. The molecule has 3 aromatic rings. The lowest BCUT2D eigenvalue weighted by molar-refractivity contribution is -0.118. The maximum absolute atomic E-state index is 11.8. The van der Waals surface area contributed by atoms with E-state index in [-0.39, 0.29) is 17.9 Å². The van der Waals surface area contributed by atoms with E-state index < -0.39 is 0 Å². The molecule has 0 spiro atoms. The zero-order chi connectivity index (χ0) is 24.2. The lowest BCUT2D eigenvalue weighted by Gasteiger charge is -2.31. The number of fused-ring (bicyclic) bond motifs is 1. The van der Waals surface area contributed by atoms with Crippen molar-refractivity contribution in [3.05, 3.63) is 58.6 Å². The summed E-state index contributed by atoms with van der Waals surface area (Å²) in [7, 11) is 3.09. The van der Waals surface area contributed by atoms with Crippen LogP contribution >= 0.6 is 23.2 Å². The first kappa shape index (κ1) is 24.3. The van der Waals surface area contributed by atoms with Crippen LogP contribution in [0.2, 0.25) is 10.0 Å². The van der Waals surface area contributed by atoms with Gasteiger partial charge < -0.3 is 24.1 Å². The van der Waals surface area contributed by atoms with Crippen molar-refractivity contribution >= 4 is 40.1 Å². The molecule has 0 bridgehead atoms. The molecule has 10 heteroatoms. The number of amides is 1. The minimum Gasteiger partial charge on any atom is -0.495 e. The average molecular weight is 505 g/mol. The van der Waals surface area contributed by atoms with Crippen LogP contribution < -0.4 is 14.8 Å². The fraction of sp³-hybridized carbons (Fsp3) is 0.375. The van der Waals surface area contributed by atoms with E-state index in [4.69, 9.17) is 42.4 Å². The predicted molar refractivity (Wildman–Crippen MR) is 131 cm³/mol. The second kappa shape index (κ2) is 10.6. The summed E-state index contributed by atoms with van der Waals surface area (Å²) in [5.74, 6) is 1.56. The third kappa shape index (κ3) is 4.99. The van der Waals surface area contributed by atoms with Crippen molar-refractivity contribution < 1.29 is 19.0 Å². The van der Waals surface area contributed by atoms with Gasteiger partial charge in [-0.1, -0.05) is 29.8 Å². The quantitative estimate of drug-likeness (QED) is 0.465. The van der Waals surface area contributed by atoms with Gasteiger partial charge in [0.2, 0.25) is 5.91 Å². The van der Waals surface area contributed by atoms with E-state index >= 15 is 0 Å². The fourth-order valence-corrected chi connectivity index (χ4v) is 4.78. The van der Waals surface area contributed by atoms with E-state index in [2.05, 4.69) is 16.9 Å². The Bertz CT molecular complexity index is 1190. The zero-order valence-corrected chi connectivity index (χ0v) is 20.5. The molecule has 1 N–H and O–H groups in total. The van der Waals surface area contributed by atoms with E-state index in [0.717, 1.165) is 17.5 Å². The maximum atomic E-state index is 11.8. The van der Waals surface area contributed by atoms with Gasteiger partial charge in [0.25, 0.3) is 0 Å². The summed E-state index contributed by atoms with van der Waals surface area (Å²) in [5.41, 5.74) is 2.32. The van der Waals surface area contributed by atoms with Gasteiger partial charge in [-0.2, -0.15) is 0 Å². The molecular weight excluding hydrogens is 479 g/mol. The molecule has 2 unspecified atom stereocenters. The van der Waals surface area contributed by atoms with Gasteiger partial charge in [0.05, 0.1) is 54.6 Å². The second-order valence-electron chi connectivity index (χ2n) is 8.03. The summed E-state index contributed by atoms with van der Waals surface area (Å²) in [6, 6.07) is 3.58. The Morgan fingerprint density at radius 2 is 2.06 bits per heavy atom. The fourth-order valence-electron chi connectivity index (χ4n) is 4.16. The van der Waals surface area contributed by atoms with Gasteiger partial charge in [0.1, 0.15) is 17.3 Å². The summed E-state index contributed by atoms with van der Waals surface area (Å²) in [5, 5.41) is 3.85. The third-order valence-electron chi connectivity index (χ3n) is 5.99. The van der Waals surface area contributed by atoms with Crippen LogP contribution in [0.3, 0.4) is 0 Å². The van der Waals surface area contributed by atoms with E-state index in [1.54, 1.807) is 26.5 Å². The van der Waals surface area contributed by atoms with Crippen molar-refractivity contribution in [2.45, 2.75) is 25.4 Å². The highest BCUT2D eigenvalue weighted by Gasteiger charge is 2.28. The highest BCUT2D eigenvalue weighted by molar-refractivity contribution is 6.37. The Morgan fingerprint density at radius 1 is 1.32 bits per heavy atom. The third-order valence-corrected chi connectivity index (χ3v) is 6.82. The normalized spacial score (nSPS) is 18.0. The van der Waals surface area contributed by atoms with Crippen molar-refractivity contribution in [1.82, 2.24) is 19.9 Å². The van der Waals surface area contributed by atoms with Crippen LogP contribution in [0.25, 0.3) is 11.0 Å². The Morgan fingerprint density at radius 3 is 2.74 bits per heavy atom. The number of halogens is 2. The highest BCUT2D eigenvalue weighted by atomic mass is 35.5. The van der Waals surface area contributed by atoms with E-state index in [1.165, 1.54) is 6.08 Å². The molecule has 2 aromatic heterocycles. The number of carbonyl (C=O) groups excluding carboxylic acids is 1. The smallest absolute Gasteiger partial charge is 0.243 e. The molecule has 4 rings (SSSR count). The molecule has 180 valence electrons. The van der Waals surface area contributed by atoms with Crippen LogP contribution in [0, 0.1) is 5.92 Å². The molecule has 0 radical (unpaired) electrons. The maximum Gasteiger partial charge on any atom is 0.243 e. The van der Waals surface area contributed by atoms with Crippen LogP contribution in [0.1, 0.15) is 17.8 Å². The van der Waals surface area contributed by atoms with E-state index in [9.17, 15) is 4.79 Å². The van der Waals surface area contributed by atoms with Crippen LogP contribution in [0.4, 0.5) is 0 Å². The lowest BCUT2D eigenvalue weighted by Crippen LogP contribution is -2.46. The lowest BCUT2D eigenvalue weighted by atomic mass is 9.92. The van der Waals surface area contributed by atoms with Gasteiger partial charge in [-0.15, -0.1) is 0 Å². The standard InChI is InChI=1S/C24H26Cl2N4O4/c1-4-22(31)29-16-6-8-34-13-14(16)9-21-27-11-18-17(28-21)5-7-30(18)12-15-23(25)19(32-2)10-20(33-3)24(15)26/h4-5,7,10-11,14,16H,1,6,8-9,12-13H2,2-3H3,(H,29,31).